The lowest BCUT2D eigenvalue weighted by Crippen LogP contribution is -2.30. The maximum atomic E-state index is 12.7. The normalized spacial score (nSPS) is 11.6. The Hall–Kier alpha value is -3.17. The van der Waals surface area contributed by atoms with E-state index >= 15 is 0 Å². The van der Waals surface area contributed by atoms with E-state index < -0.39 is 15.9 Å². The fourth-order valence-corrected chi connectivity index (χ4v) is 4.62. The number of carbonyl (C=O) groups is 1. The van der Waals surface area contributed by atoms with Crippen LogP contribution in [-0.4, -0.2) is 41.8 Å². The Morgan fingerprint density at radius 3 is 2.45 bits per heavy atom. The Bertz CT molecular complexity index is 1170. The largest absolute Gasteiger partial charge is 0.506 e. The van der Waals surface area contributed by atoms with Crippen LogP contribution in [0.2, 0.25) is 0 Å². The van der Waals surface area contributed by atoms with E-state index in [1.54, 1.807) is 20.8 Å². The Balaban J connectivity index is 1.79. The number of nitrogens with one attached hydrogen (secondary N) is 1. The third kappa shape index (κ3) is 4.95. The van der Waals surface area contributed by atoms with Gasteiger partial charge in [0.05, 0.1) is 22.7 Å². The van der Waals surface area contributed by atoms with Crippen LogP contribution in [0.1, 0.15) is 25.3 Å². The maximum Gasteiger partial charge on any atom is 0.243 e. The molecular weight excluding hydrogens is 418 g/mol. The highest BCUT2D eigenvalue weighted by molar-refractivity contribution is 7.89. The molecule has 31 heavy (non-hydrogen) atoms. The first-order valence-corrected chi connectivity index (χ1v) is 11.3. The van der Waals surface area contributed by atoms with Crippen LogP contribution in [0.4, 0.5) is 5.69 Å². The molecule has 0 aliphatic carbocycles. The lowest BCUT2D eigenvalue weighted by molar-refractivity contribution is -0.115. The second-order valence-corrected chi connectivity index (χ2v) is 8.82. The average molecular weight is 444 g/mol. The number of benzene rings is 2. The smallest absolute Gasteiger partial charge is 0.243 e. The second-order valence-electron chi connectivity index (χ2n) is 6.88. The van der Waals surface area contributed by atoms with Crippen molar-refractivity contribution in [3.63, 3.8) is 0 Å². The number of amides is 1. The van der Waals surface area contributed by atoms with Crippen molar-refractivity contribution in [2.75, 3.05) is 18.4 Å². The molecule has 0 radical (unpaired) electrons. The molecule has 0 spiro atoms. The highest BCUT2D eigenvalue weighted by Crippen LogP contribution is 2.28. The highest BCUT2D eigenvalue weighted by Gasteiger charge is 2.23. The summed E-state index contributed by atoms with van der Waals surface area (Å²) in [6.07, 6.45) is -0.0887. The number of rotatable bonds is 8. The number of hydrogen-bond acceptors (Lipinski definition) is 6. The van der Waals surface area contributed by atoms with Crippen molar-refractivity contribution in [3.8, 4) is 17.2 Å². The van der Waals surface area contributed by atoms with Gasteiger partial charge >= 0.3 is 0 Å². The fourth-order valence-electron chi connectivity index (χ4n) is 3.13. The van der Waals surface area contributed by atoms with E-state index in [-0.39, 0.29) is 22.8 Å². The highest BCUT2D eigenvalue weighted by atomic mass is 32.2. The minimum absolute atomic E-state index is 0.00622. The molecule has 164 valence electrons. The van der Waals surface area contributed by atoms with Gasteiger partial charge in [0, 0.05) is 18.7 Å². The molecule has 0 saturated heterocycles. The minimum atomic E-state index is -3.73. The molecule has 0 unspecified atom stereocenters. The van der Waals surface area contributed by atoms with Crippen molar-refractivity contribution in [2.24, 2.45) is 0 Å². The first-order valence-electron chi connectivity index (χ1n) is 9.91. The Morgan fingerprint density at radius 2 is 1.81 bits per heavy atom. The van der Waals surface area contributed by atoms with Crippen molar-refractivity contribution < 1.29 is 22.7 Å². The lowest BCUT2D eigenvalue weighted by Gasteiger charge is -2.19. The molecule has 0 aliphatic rings. The van der Waals surface area contributed by atoms with Gasteiger partial charge in [-0.1, -0.05) is 32.0 Å². The van der Waals surface area contributed by atoms with E-state index in [4.69, 9.17) is 4.42 Å². The van der Waals surface area contributed by atoms with Crippen LogP contribution in [0, 0.1) is 6.92 Å². The van der Waals surface area contributed by atoms with Gasteiger partial charge in [-0.15, -0.1) is 0 Å². The summed E-state index contributed by atoms with van der Waals surface area (Å²) in [6, 6.07) is 13.1. The number of aromatic hydroxyl groups is 1. The maximum absolute atomic E-state index is 12.7. The summed E-state index contributed by atoms with van der Waals surface area (Å²) in [4.78, 5) is 17.0. The number of sulfonamides is 1. The third-order valence-electron chi connectivity index (χ3n) is 4.83. The zero-order valence-electron chi connectivity index (χ0n) is 17.6. The molecule has 1 aromatic heterocycles. The van der Waals surface area contributed by atoms with E-state index in [1.807, 2.05) is 30.3 Å². The van der Waals surface area contributed by atoms with E-state index in [0.717, 1.165) is 5.56 Å². The Labute approximate surface area is 181 Å². The van der Waals surface area contributed by atoms with Crippen LogP contribution in [-0.2, 0) is 21.2 Å². The fraction of sp³-hybridized carbons (Fsp3) is 0.273. The number of aryl methyl sites for hydroxylation is 1. The van der Waals surface area contributed by atoms with Crippen molar-refractivity contribution >= 4 is 21.6 Å². The van der Waals surface area contributed by atoms with Crippen molar-refractivity contribution in [3.05, 3.63) is 60.0 Å². The van der Waals surface area contributed by atoms with Gasteiger partial charge in [-0.05, 0) is 37.3 Å². The average Bonchev–Trinajstić information content (AvgIpc) is 3.11. The number of nitrogens with zero attached hydrogens (tertiary/aromatic N) is 2. The number of phenols is 1. The van der Waals surface area contributed by atoms with Crippen LogP contribution >= 0.6 is 0 Å². The molecule has 2 aromatic carbocycles. The molecule has 0 fully saturated rings. The molecule has 1 amide bonds. The van der Waals surface area contributed by atoms with Crippen LogP contribution < -0.4 is 5.32 Å². The predicted molar refractivity (Wildman–Crippen MR) is 117 cm³/mol. The summed E-state index contributed by atoms with van der Waals surface area (Å²) in [5.74, 6) is 0.240. The monoisotopic (exact) mass is 443 g/mol. The van der Waals surface area contributed by atoms with Gasteiger partial charge in [0.15, 0.2) is 0 Å². The first kappa shape index (κ1) is 22.5. The first-order chi connectivity index (χ1) is 14.8. The lowest BCUT2D eigenvalue weighted by atomic mass is 10.2. The molecule has 3 aromatic rings. The standard InChI is InChI=1S/C22H25N3O5S/c1-4-25(5-2)31(28,29)17-11-12-20(26)19(13-17)23-21(27)14-18-15(3)30-22(24-18)16-9-7-6-8-10-16/h6-13,26H,4-5,14H2,1-3H3,(H,23,27). The SMILES string of the molecule is CCN(CC)S(=O)(=O)c1ccc(O)c(NC(=O)Cc2nc(-c3ccccc3)oc2C)c1. The van der Waals surface area contributed by atoms with Gasteiger partial charge in [-0.25, -0.2) is 13.4 Å². The van der Waals surface area contributed by atoms with E-state index in [9.17, 15) is 18.3 Å². The number of carbonyl (C=O) groups excluding carboxylic acids is 1. The van der Waals surface area contributed by atoms with Gasteiger partial charge in [-0.3, -0.25) is 4.79 Å². The molecule has 3 rings (SSSR count). The number of aromatic nitrogens is 1. The molecule has 0 saturated carbocycles. The molecular formula is C22H25N3O5S. The summed E-state index contributed by atoms with van der Waals surface area (Å²) in [5.41, 5.74) is 1.27. The predicted octanol–water partition coefficient (Wildman–Crippen LogP) is 3.57. The number of hydrogen-bond donors (Lipinski definition) is 2. The topological polar surface area (TPSA) is 113 Å². The molecule has 0 atom stereocenters. The number of phenolic OH excluding ortho intramolecular Hbond substituents is 1. The Morgan fingerprint density at radius 1 is 1.13 bits per heavy atom. The summed E-state index contributed by atoms with van der Waals surface area (Å²) >= 11 is 0. The number of oxazole rings is 1. The molecule has 0 bridgehead atoms. The minimum Gasteiger partial charge on any atom is -0.506 e. The van der Waals surface area contributed by atoms with Gasteiger partial charge in [0.2, 0.25) is 21.8 Å². The summed E-state index contributed by atoms with van der Waals surface area (Å²) < 4.78 is 32.4. The number of anilines is 1. The summed E-state index contributed by atoms with van der Waals surface area (Å²) in [7, 11) is -3.73. The molecule has 8 nitrogen and oxygen atoms in total. The summed E-state index contributed by atoms with van der Waals surface area (Å²) in [5, 5.41) is 12.7. The van der Waals surface area contributed by atoms with E-state index in [0.29, 0.717) is 30.4 Å². The second kappa shape index (κ2) is 9.32. The molecule has 9 heteroatoms. The van der Waals surface area contributed by atoms with Gasteiger partial charge in [0.1, 0.15) is 11.5 Å². The zero-order chi connectivity index (χ0) is 22.6. The third-order valence-corrected chi connectivity index (χ3v) is 6.87. The summed E-state index contributed by atoms with van der Waals surface area (Å²) in [6.45, 7) is 5.84. The van der Waals surface area contributed by atoms with Crippen LogP contribution in [0.15, 0.2) is 57.8 Å². The molecule has 1 heterocycles. The van der Waals surface area contributed by atoms with Crippen molar-refractivity contribution in [1.29, 1.82) is 0 Å². The van der Waals surface area contributed by atoms with Crippen LogP contribution in [0.3, 0.4) is 0 Å². The van der Waals surface area contributed by atoms with E-state index in [2.05, 4.69) is 10.3 Å². The van der Waals surface area contributed by atoms with Crippen LogP contribution in [0.25, 0.3) is 11.5 Å². The van der Waals surface area contributed by atoms with E-state index in [1.165, 1.54) is 22.5 Å². The van der Waals surface area contributed by atoms with Crippen molar-refractivity contribution in [2.45, 2.75) is 32.1 Å². The van der Waals surface area contributed by atoms with Gasteiger partial charge in [0.25, 0.3) is 0 Å². The van der Waals surface area contributed by atoms with Gasteiger partial charge in [-0.2, -0.15) is 4.31 Å². The molecule has 0 aliphatic heterocycles. The van der Waals surface area contributed by atoms with Gasteiger partial charge < -0.3 is 14.8 Å². The zero-order valence-corrected chi connectivity index (χ0v) is 18.4. The van der Waals surface area contributed by atoms with Crippen molar-refractivity contribution in [1.82, 2.24) is 9.29 Å². The Kier molecular flexibility index (Phi) is 6.77. The van der Waals surface area contributed by atoms with Crippen LogP contribution in [0.5, 0.6) is 5.75 Å². The quantitative estimate of drug-likeness (QED) is 0.515. The molecule has 2 N–H and O–H groups in total.